The van der Waals surface area contributed by atoms with Crippen LogP contribution in [0.15, 0.2) is 247 Å². The first-order chi connectivity index (χ1) is 31.2. The second-order valence-corrected chi connectivity index (χ2v) is 16.1. The molecular formula is C60H40N2O. The van der Waals surface area contributed by atoms with Gasteiger partial charge in [0.2, 0.25) is 0 Å². The van der Waals surface area contributed by atoms with Crippen LogP contribution in [0.25, 0.3) is 93.9 Å². The predicted octanol–water partition coefficient (Wildman–Crippen LogP) is 16.8. The summed E-state index contributed by atoms with van der Waals surface area (Å²) < 4.78 is 8.68. The molecule has 10 aromatic carbocycles. The van der Waals surface area contributed by atoms with Crippen LogP contribution in [0, 0.1) is 0 Å². The quantitative estimate of drug-likeness (QED) is 0.153. The average molecular weight is 805 g/mol. The molecule has 0 unspecified atom stereocenters. The van der Waals surface area contributed by atoms with Crippen LogP contribution in [0.4, 0.5) is 17.1 Å². The number of rotatable bonds is 8. The molecule has 0 bridgehead atoms. The molecule has 296 valence electrons. The molecule has 3 nitrogen and oxygen atoms in total. The topological polar surface area (TPSA) is 21.3 Å². The van der Waals surface area contributed by atoms with Gasteiger partial charge in [-0.25, -0.2) is 0 Å². The molecule has 0 fully saturated rings. The normalized spacial score (nSPS) is 11.5. The van der Waals surface area contributed by atoms with Gasteiger partial charge in [0.25, 0.3) is 0 Å². The highest BCUT2D eigenvalue weighted by atomic mass is 16.3. The first-order valence-electron chi connectivity index (χ1n) is 21.5. The Morgan fingerprint density at radius 1 is 0.302 bits per heavy atom. The number of hydrogen-bond donors (Lipinski definition) is 0. The number of fused-ring (bicyclic) bond motifs is 6. The van der Waals surface area contributed by atoms with Gasteiger partial charge < -0.3 is 13.9 Å². The van der Waals surface area contributed by atoms with E-state index in [4.69, 9.17) is 4.42 Å². The van der Waals surface area contributed by atoms with E-state index in [0.29, 0.717) is 0 Å². The Kier molecular flexibility index (Phi) is 8.83. The average Bonchev–Trinajstić information content (AvgIpc) is 3.91. The zero-order chi connectivity index (χ0) is 41.7. The van der Waals surface area contributed by atoms with Gasteiger partial charge >= 0.3 is 0 Å². The van der Waals surface area contributed by atoms with Crippen molar-refractivity contribution in [2.24, 2.45) is 0 Å². The molecule has 2 aromatic heterocycles. The van der Waals surface area contributed by atoms with E-state index in [1.807, 2.05) is 12.1 Å². The lowest BCUT2D eigenvalue weighted by Crippen LogP contribution is -2.10. The molecule has 0 saturated carbocycles. The minimum absolute atomic E-state index is 0.890. The Morgan fingerprint density at radius 2 is 0.778 bits per heavy atom. The largest absolute Gasteiger partial charge is 0.456 e. The lowest BCUT2D eigenvalue weighted by atomic mass is 9.94. The molecule has 0 radical (unpaired) electrons. The molecule has 3 heteroatoms. The maximum Gasteiger partial charge on any atom is 0.136 e. The molecule has 12 rings (SSSR count). The number of nitrogens with zero attached hydrogens (tertiary/aromatic N) is 2. The van der Waals surface area contributed by atoms with E-state index in [1.54, 1.807) is 0 Å². The van der Waals surface area contributed by atoms with Gasteiger partial charge in [0.05, 0.1) is 11.0 Å². The first-order valence-corrected chi connectivity index (χ1v) is 21.5. The van der Waals surface area contributed by atoms with E-state index in [9.17, 15) is 0 Å². The predicted molar refractivity (Wildman–Crippen MR) is 264 cm³/mol. The summed E-state index contributed by atoms with van der Waals surface area (Å²) >= 11 is 0. The Hall–Kier alpha value is -8.40. The first kappa shape index (κ1) is 36.5. The summed E-state index contributed by atoms with van der Waals surface area (Å²) in [6.45, 7) is 0. The number of benzene rings is 10. The molecule has 0 saturated heterocycles. The van der Waals surface area contributed by atoms with E-state index in [0.717, 1.165) is 61.4 Å². The van der Waals surface area contributed by atoms with Crippen LogP contribution in [0.1, 0.15) is 0 Å². The minimum atomic E-state index is 0.890. The monoisotopic (exact) mass is 804 g/mol. The van der Waals surface area contributed by atoms with Gasteiger partial charge in [0.1, 0.15) is 11.2 Å². The van der Waals surface area contributed by atoms with Crippen LogP contribution in [0.5, 0.6) is 0 Å². The molecule has 12 aromatic rings. The second-order valence-electron chi connectivity index (χ2n) is 16.1. The molecule has 0 amide bonds. The van der Waals surface area contributed by atoms with Crippen molar-refractivity contribution in [3.8, 4) is 50.2 Å². The molecule has 0 aliphatic carbocycles. The zero-order valence-electron chi connectivity index (χ0n) is 34.4. The van der Waals surface area contributed by atoms with E-state index >= 15 is 0 Å². The van der Waals surface area contributed by atoms with Crippen molar-refractivity contribution in [3.05, 3.63) is 243 Å². The highest BCUT2D eigenvalue weighted by Crippen LogP contribution is 2.42. The van der Waals surface area contributed by atoms with Crippen LogP contribution in [0.3, 0.4) is 0 Å². The fourth-order valence-electron chi connectivity index (χ4n) is 9.48. The highest BCUT2D eigenvalue weighted by molar-refractivity contribution is 6.13. The molecule has 0 N–H and O–H groups in total. The van der Waals surface area contributed by atoms with Crippen LogP contribution >= 0.6 is 0 Å². The van der Waals surface area contributed by atoms with E-state index in [-0.39, 0.29) is 0 Å². The molecule has 0 atom stereocenters. The van der Waals surface area contributed by atoms with Crippen molar-refractivity contribution in [3.63, 3.8) is 0 Å². The molecule has 0 spiro atoms. The molecule has 0 aliphatic rings. The second kappa shape index (κ2) is 15.3. The summed E-state index contributed by atoms with van der Waals surface area (Å²) in [5.41, 5.74) is 18.0. The summed E-state index contributed by atoms with van der Waals surface area (Å²) in [4.78, 5) is 2.36. The van der Waals surface area contributed by atoms with Crippen molar-refractivity contribution in [1.82, 2.24) is 4.57 Å². The van der Waals surface area contributed by atoms with Gasteiger partial charge in [-0.15, -0.1) is 0 Å². The van der Waals surface area contributed by atoms with Gasteiger partial charge in [0, 0.05) is 44.3 Å². The Labute approximate surface area is 366 Å². The van der Waals surface area contributed by atoms with Crippen LogP contribution in [-0.2, 0) is 0 Å². The lowest BCUT2D eigenvalue weighted by molar-refractivity contribution is 0.669. The minimum Gasteiger partial charge on any atom is -0.456 e. The maximum absolute atomic E-state index is 6.31. The van der Waals surface area contributed by atoms with Gasteiger partial charge in [-0.05, 0) is 117 Å². The van der Waals surface area contributed by atoms with Crippen molar-refractivity contribution in [1.29, 1.82) is 0 Å². The van der Waals surface area contributed by atoms with E-state index < -0.39 is 0 Å². The smallest absolute Gasteiger partial charge is 0.136 e. The summed E-state index contributed by atoms with van der Waals surface area (Å²) in [5.74, 6) is 0. The van der Waals surface area contributed by atoms with Crippen molar-refractivity contribution < 1.29 is 4.42 Å². The number of aromatic nitrogens is 1. The summed E-state index contributed by atoms with van der Waals surface area (Å²) in [6, 6.07) is 87.0. The third-order valence-corrected chi connectivity index (χ3v) is 12.4. The standard InChI is InChI=1S/C60H40N2O/c1-2-14-43(15-3-1)50-18-4-5-19-51(50)44-32-38-47(39-33-44)61(49-17-12-16-45(40-49)52-23-13-27-59-60(52)55-22-8-11-26-58(55)63-59)46-34-28-41(29-35-46)42-30-36-48(37-31-42)62-56-24-9-6-20-53(56)54-21-7-10-25-57(54)62/h1-40H. The molecule has 0 aliphatic heterocycles. The van der Waals surface area contributed by atoms with Crippen LogP contribution in [0.2, 0.25) is 0 Å². The molecular weight excluding hydrogens is 765 g/mol. The van der Waals surface area contributed by atoms with Gasteiger partial charge in [0.15, 0.2) is 0 Å². The lowest BCUT2D eigenvalue weighted by Gasteiger charge is -2.26. The van der Waals surface area contributed by atoms with Crippen LogP contribution in [-0.4, -0.2) is 4.57 Å². The number of furan rings is 1. The van der Waals surface area contributed by atoms with Gasteiger partial charge in [-0.1, -0.05) is 170 Å². The number of hydrogen-bond acceptors (Lipinski definition) is 2. The number of anilines is 3. The molecule has 2 heterocycles. The van der Waals surface area contributed by atoms with Crippen molar-refractivity contribution in [2.45, 2.75) is 0 Å². The van der Waals surface area contributed by atoms with Gasteiger partial charge in [-0.2, -0.15) is 0 Å². The van der Waals surface area contributed by atoms with Crippen LogP contribution < -0.4 is 4.90 Å². The van der Waals surface area contributed by atoms with Crippen molar-refractivity contribution >= 4 is 60.8 Å². The molecule has 63 heavy (non-hydrogen) atoms. The zero-order valence-corrected chi connectivity index (χ0v) is 34.4. The SMILES string of the molecule is c1ccc(-c2ccccc2-c2ccc(N(c3ccc(-c4ccc(-n5c6ccccc6c6ccccc65)cc4)cc3)c3cccc(-c4cccc5oc6ccccc6c45)c3)cc2)cc1. The fraction of sp³-hybridized carbons (Fsp3) is 0. The van der Waals surface area contributed by atoms with E-state index in [2.05, 4.69) is 240 Å². The Bertz CT molecular complexity index is 3550. The maximum atomic E-state index is 6.31. The third-order valence-electron chi connectivity index (χ3n) is 12.4. The highest BCUT2D eigenvalue weighted by Gasteiger charge is 2.18. The summed E-state index contributed by atoms with van der Waals surface area (Å²) in [5, 5.41) is 4.78. The van der Waals surface area contributed by atoms with E-state index in [1.165, 1.54) is 49.6 Å². The summed E-state index contributed by atoms with van der Waals surface area (Å²) in [7, 11) is 0. The third kappa shape index (κ3) is 6.38. The number of para-hydroxylation sites is 3. The Morgan fingerprint density at radius 3 is 1.44 bits per heavy atom. The Balaban J connectivity index is 0.936. The van der Waals surface area contributed by atoms with Crippen molar-refractivity contribution in [2.75, 3.05) is 4.90 Å². The fourth-order valence-corrected chi connectivity index (χ4v) is 9.48. The van der Waals surface area contributed by atoms with Gasteiger partial charge in [-0.3, -0.25) is 0 Å². The summed E-state index contributed by atoms with van der Waals surface area (Å²) in [6.07, 6.45) is 0.